The normalized spacial score (nSPS) is 37.5. The van der Waals surface area contributed by atoms with Gasteiger partial charge >= 0.3 is 0 Å². The molecule has 1 saturated heterocycles. The smallest absolute Gasteiger partial charge is 0.0826 e. The number of ether oxygens (including phenoxy) is 1. The minimum Gasteiger partial charge on any atom is -0.374 e. The van der Waals surface area contributed by atoms with Gasteiger partial charge in [0, 0.05) is 26.2 Å². The monoisotopic (exact) mass is 198 g/mol. The summed E-state index contributed by atoms with van der Waals surface area (Å²) in [6, 6.07) is 0. The Morgan fingerprint density at radius 3 is 2.79 bits per heavy atom. The second-order valence-electron chi connectivity index (χ2n) is 4.89. The van der Waals surface area contributed by atoms with Crippen molar-refractivity contribution in [1.29, 1.82) is 0 Å². The fourth-order valence-electron chi connectivity index (χ4n) is 2.21. The van der Waals surface area contributed by atoms with E-state index in [9.17, 15) is 0 Å². The Balaban J connectivity index is 1.63. The fraction of sp³-hybridized carbons (Fsp3) is 1.00. The van der Waals surface area contributed by atoms with Gasteiger partial charge in [0.25, 0.3) is 0 Å². The van der Waals surface area contributed by atoms with E-state index < -0.39 is 0 Å². The van der Waals surface area contributed by atoms with Gasteiger partial charge < -0.3 is 15.0 Å². The number of hydrogen-bond acceptors (Lipinski definition) is 3. The van der Waals surface area contributed by atoms with E-state index >= 15 is 0 Å². The third-order valence-corrected chi connectivity index (χ3v) is 3.34. The molecular weight excluding hydrogens is 176 g/mol. The number of hydrogen-bond donors (Lipinski definition) is 1. The second-order valence-corrected chi connectivity index (χ2v) is 4.89. The Kier molecular flexibility index (Phi) is 3.42. The number of morpholine rings is 1. The SMILES string of the molecule is CC1CC1CN(C)CC1CNCCO1. The van der Waals surface area contributed by atoms with Crippen LogP contribution in [0.5, 0.6) is 0 Å². The molecule has 0 bridgehead atoms. The topological polar surface area (TPSA) is 24.5 Å². The molecule has 0 aromatic rings. The van der Waals surface area contributed by atoms with Gasteiger partial charge in [-0.2, -0.15) is 0 Å². The van der Waals surface area contributed by atoms with E-state index in [2.05, 4.69) is 24.2 Å². The first-order valence-electron chi connectivity index (χ1n) is 5.76. The average Bonchev–Trinajstić information content (AvgIpc) is 2.83. The van der Waals surface area contributed by atoms with Crippen LogP contribution in [0.15, 0.2) is 0 Å². The summed E-state index contributed by atoms with van der Waals surface area (Å²) < 4.78 is 5.67. The molecule has 82 valence electrons. The van der Waals surface area contributed by atoms with Crippen LogP contribution in [0.25, 0.3) is 0 Å². The minimum atomic E-state index is 0.405. The molecule has 0 radical (unpaired) electrons. The van der Waals surface area contributed by atoms with E-state index in [-0.39, 0.29) is 0 Å². The van der Waals surface area contributed by atoms with Gasteiger partial charge in [-0.3, -0.25) is 0 Å². The summed E-state index contributed by atoms with van der Waals surface area (Å²) in [5.41, 5.74) is 0. The van der Waals surface area contributed by atoms with Gasteiger partial charge in [0.15, 0.2) is 0 Å². The van der Waals surface area contributed by atoms with Crippen LogP contribution in [-0.2, 0) is 4.74 Å². The fourth-order valence-corrected chi connectivity index (χ4v) is 2.21. The van der Waals surface area contributed by atoms with E-state index in [1.54, 1.807) is 0 Å². The summed E-state index contributed by atoms with van der Waals surface area (Å²) in [5, 5.41) is 3.37. The maximum atomic E-state index is 5.67. The zero-order valence-corrected chi connectivity index (χ0v) is 9.33. The van der Waals surface area contributed by atoms with Crippen molar-refractivity contribution in [3.8, 4) is 0 Å². The number of rotatable bonds is 4. The Hall–Kier alpha value is -0.120. The summed E-state index contributed by atoms with van der Waals surface area (Å²) >= 11 is 0. The van der Waals surface area contributed by atoms with E-state index in [0.29, 0.717) is 6.10 Å². The Labute approximate surface area is 86.8 Å². The van der Waals surface area contributed by atoms with Gasteiger partial charge in [-0.05, 0) is 25.3 Å². The molecule has 3 unspecified atom stereocenters. The zero-order chi connectivity index (χ0) is 9.97. The van der Waals surface area contributed by atoms with Crippen LogP contribution in [0.1, 0.15) is 13.3 Å². The maximum Gasteiger partial charge on any atom is 0.0826 e. The van der Waals surface area contributed by atoms with Crippen LogP contribution in [-0.4, -0.2) is 50.8 Å². The molecule has 0 amide bonds. The largest absolute Gasteiger partial charge is 0.374 e. The molecule has 2 aliphatic rings. The van der Waals surface area contributed by atoms with Gasteiger partial charge in [0.2, 0.25) is 0 Å². The standard InChI is InChI=1S/C11H22N2O/c1-9-5-10(9)7-13(2)8-11-6-12-3-4-14-11/h9-12H,3-8H2,1-2H3. The third kappa shape index (κ3) is 2.94. The van der Waals surface area contributed by atoms with Crippen LogP contribution < -0.4 is 5.32 Å². The van der Waals surface area contributed by atoms with Crippen molar-refractivity contribution in [2.45, 2.75) is 19.4 Å². The molecule has 1 aliphatic carbocycles. The van der Waals surface area contributed by atoms with Crippen molar-refractivity contribution in [2.24, 2.45) is 11.8 Å². The first-order valence-corrected chi connectivity index (χ1v) is 5.76. The summed E-state index contributed by atoms with van der Waals surface area (Å²) in [5.74, 6) is 1.92. The lowest BCUT2D eigenvalue weighted by Gasteiger charge is -2.28. The summed E-state index contributed by atoms with van der Waals surface area (Å²) in [4.78, 5) is 2.42. The molecule has 3 atom stereocenters. The van der Waals surface area contributed by atoms with Crippen molar-refractivity contribution < 1.29 is 4.74 Å². The Morgan fingerprint density at radius 1 is 1.43 bits per heavy atom. The summed E-state index contributed by atoms with van der Waals surface area (Å²) in [6.45, 7) is 7.58. The lowest BCUT2D eigenvalue weighted by Crippen LogP contribution is -2.44. The molecule has 0 aromatic heterocycles. The molecule has 3 heteroatoms. The highest BCUT2D eigenvalue weighted by Gasteiger charge is 2.33. The van der Waals surface area contributed by atoms with E-state index in [4.69, 9.17) is 4.74 Å². The molecular formula is C11H22N2O. The first-order chi connectivity index (χ1) is 6.75. The number of likely N-dealkylation sites (N-methyl/N-ethyl adjacent to an activating group) is 1. The van der Waals surface area contributed by atoms with Crippen molar-refractivity contribution in [3.63, 3.8) is 0 Å². The van der Waals surface area contributed by atoms with Crippen molar-refractivity contribution in [3.05, 3.63) is 0 Å². The Bertz CT molecular complexity index is 180. The quantitative estimate of drug-likeness (QED) is 0.714. The van der Waals surface area contributed by atoms with Gasteiger partial charge in [0.1, 0.15) is 0 Å². The maximum absolute atomic E-state index is 5.67. The third-order valence-electron chi connectivity index (χ3n) is 3.34. The van der Waals surface area contributed by atoms with Gasteiger partial charge in [-0.1, -0.05) is 6.92 Å². The highest BCUT2D eigenvalue weighted by Crippen LogP contribution is 2.37. The molecule has 1 aliphatic heterocycles. The minimum absolute atomic E-state index is 0.405. The van der Waals surface area contributed by atoms with Crippen LogP contribution in [0, 0.1) is 11.8 Å². The molecule has 14 heavy (non-hydrogen) atoms. The highest BCUT2D eigenvalue weighted by molar-refractivity contribution is 4.85. The molecule has 1 N–H and O–H groups in total. The number of nitrogens with zero attached hydrogens (tertiary/aromatic N) is 1. The molecule has 0 aromatic carbocycles. The van der Waals surface area contributed by atoms with E-state index in [1.165, 1.54) is 13.0 Å². The summed E-state index contributed by atoms with van der Waals surface area (Å²) in [7, 11) is 2.21. The molecule has 0 spiro atoms. The van der Waals surface area contributed by atoms with Crippen LogP contribution in [0.3, 0.4) is 0 Å². The lowest BCUT2D eigenvalue weighted by molar-refractivity contribution is 0.00927. The van der Waals surface area contributed by atoms with Crippen LogP contribution in [0.2, 0.25) is 0 Å². The molecule has 3 nitrogen and oxygen atoms in total. The second kappa shape index (κ2) is 4.60. The van der Waals surface area contributed by atoms with Crippen molar-refractivity contribution in [1.82, 2.24) is 10.2 Å². The van der Waals surface area contributed by atoms with Gasteiger partial charge in [-0.15, -0.1) is 0 Å². The van der Waals surface area contributed by atoms with Crippen LogP contribution >= 0.6 is 0 Å². The average molecular weight is 198 g/mol. The zero-order valence-electron chi connectivity index (χ0n) is 9.33. The van der Waals surface area contributed by atoms with E-state index in [0.717, 1.165) is 38.1 Å². The molecule has 1 saturated carbocycles. The summed E-state index contributed by atoms with van der Waals surface area (Å²) in [6.07, 6.45) is 1.83. The highest BCUT2D eigenvalue weighted by atomic mass is 16.5. The predicted molar refractivity (Wildman–Crippen MR) is 57.4 cm³/mol. The van der Waals surface area contributed by atoms with Crippen molar-refractivity contribution >= 4 is 0 Å². The van der Waals surface area contributed by atoms with Gasteiger partial charge in [-0.25, -0.2) is 0 Å². The van der Waals surface area contributed by atoms with E-state index in [1.807, 2.05) is 0 Å². The number of nitrogens with one attached hydrogen (secondary N) is 1. The van der Waals surface area contributed by atoms with Crippen LogP contribution in [0.4, 0.5) is 0 Å². The molecule has 2 rings (SSSR count). The molecule has 2 fully saturated rings. The van der Waals surface area contributed by atoms with Gasteiger partial charge in [0.05, 0.1) is 12.7 Å². The molecule has 1 heterocycles. The Morgan fingerprint density at radius 2 is 2.21 bits per heavy atom. The predicted octanol–water partition coefficient (Wildman–Crippen LogP) is 0.563. The lowest BCUT2D eigenvalue weighted by atomic mass is 10.2. The first kappa shape index (κ1) is 10.4. The van der Waals surface area contributed by atoms with Crippen molar-refractivity contribution in [2.75, 3.05) is 39.8 Å².